The Balaban J connectivity index is 0.00000208. The zero-order valence-electron chi connectivity index (χ0n) is 13.7. The van der Waals surface area contributed by atoms with Gasteiger partial charge in [0, 0.05) is 37.1 Å². The number of likely N-dealkylation sites (tertiary alicyclic amines) is 1. The first-order valence-electron chi connectivity index (χ1n) is 8.12. The van der Waals surface area contributed by atoms with Crippen LogP contribution < -0.4 is 10.6 Å². The van der Waals surface area contributed by atoms with Crippen LogP contribution in [0.5, 0.6) is 0 Å². The normalized spacial score (nSPS) is 21.9. The Bertz CT molecular complexity index is 567. The van der Waals surface area contributed by atoms with Crippen LogP contribution in [0, 0.1) is 6.92 Å². The smallest absolute Gasteiger partial charge is 0.261 e. The van der Waals surface area contributed by atoms with E-state index in [4.69, 9.17) is 4.74 Å². The molecule has 2 amide bonds. The molecule has 0 radical (unpaired) electrons. The lowest BCUT2D eigenvalue weighted by Gasteiger charge is -2.35. The standard InChI is InChI=1S/C16H23N3O3S.ClH/c1-11-2-3-14(23-11)15(20)18-12-4-7-19(8-5-12)16(21)13-10-17-6-9-22-13;/h2-3,12-13,17H,4-10H2,1H3,(H,18,20);1H. The molecule has 0 bridgehead atoms. The highest BCUT2D eigenvalue weighted by molar-refractivity contribution is 7.13. The molecule has 0 aliphatic carbocycles. The number of morpholine rings is 1. The zero-order valence-corrected chi connectivity index (χ0v) is 15.4. The molecule has 0 aromatic carbocycles. The third-order valence-electron chi connectivity index (χ3n) is 4.31. The van der Waals surface area contributed by atoms with Gasteiger partial charge in [-0.15, -0.1) is 23.7 Å². The van der Waals surface area contributed by atoms with Crippen molar-refractivity contribution in [2.24, 2.45) is 0 Å². The molecule has 6 nitrogen and oxygen atoms in total. The van der Waals surface area contributed by atoms with E-state index in [1.807, 2.05) is 24.0 Å². The number of ether oxygens (including phenoxy) is 1. The monoisotopic (exact) mass is 373 g/mol. The number of halogens is 1. The summed E-state index contributed by atoms with van der Waals surface area (Å²) in [5.74, 6) is 0.0588. The number of nitrogens with zero attached hydrogens (tertiary/aromatic N) is 1. The van der Waals surface area contributed by atoms with Gasteiger partial charge >= 0.3 is 0 Å². The summed E-state index contributed by atoms with van der Waals surface area (Å²) in [5, 5.41) is 6.26. The van der Waals surface area contributed by atoms with Crippen molar-refractivity contribution < 1.29 is 14.3 Å². The minimum Gasteiger partial charge on any atom is -0.366 e. The van der Waals surface area contributed by atoms with E-state index >= 15 is 0 Å². The number of nitrogens with one attached hydrogen (secondary N) is 2. The van der Waals surface area contributed by atoms with Gasteiger partial charge < -0.3 is 20.3 Å². The van der Waals surface area contributed by atoms with Gasteiger partial charge in [-0.25, -0.2) is 0 Å². The largest absolute Gasteiger partial charge is 0.366 e. The molecule has 0 saturated carbocycles. The van der Waals surface area contributed by atoms with Crippen LogP contribution in [-0.2, 0) is 9.53 Å². The number of amides is 2. The number of hydrogen-bond donors (Lipinski definition) is 2. The molecule has 8 heteroatoms. The van der Waals surface area contributed by atoms with Crippen molar-refractivity contribution in [3.05, 3.63) is 21.9 Å². The maximum Gasteiger partial charge on any atom is 0.261 e. The lowest BCUT2D eigenvalue weighted by atomic mass is 10.0. The molecule has 0 spiro atoms. The van der Waals surface area contributed by atoms with Gasteiger partial charge in [-0.05, 0) is 31.9 Å². The molecule has 1 atom stereocenters. The van der Waals surface area contributed by atoms with Gasteiger partial charge in [0.1, 0.15) is 6.10 Å². The van der Waals surface area contributed by atoms with E-state index in [0.717, 1.165) is 29.1 Å². The van der Waals surface area contributed by atoms with Gasteiger partial charge in [0.05, 0.1) is 11.5 Å². The van der Waals surface area contributed by atoms with E-state index in [1.165, 1.54) is 11.3 Å². The number of thiophene rings is 1. The third-order valence-corrected chi connectivity index (χ3v) is 5.31. The molecule has 1 unspecified atom stereocenters. The fourth-order valence-corrected chi connectivity index (χ4v) is 3.76. The van der Waals surface area contributed by atoms with Crippen molar-refractivity contribution in [2.45, 2.75) is 31.9 Å². The molecule has 3 heterocycles. The van der Waals surface area contributed by atoms with Crippen molar-refractivity contribution >= 4 is 35.6 Å². The Morgan fingerprint density at radius 2 is 2.08 bits per heavy atom. The molecule has 2 fully saturated rings. The maximum atomic E-state index is 12.4. The summed E-state index contributed by atoms with van der Waals surface area (Å²) in [5.41, 5.74) is 0. The van der Waals surface area contributed by atoms with Crippen molar-refractivity contribution in [3.63, 3.8) is 0 Å². The summed E-state index contributed by atoms with van der Waals surface area (Å²) in [7, 11) is 0. The van der Waals surface area contributed by atoms with E-state index in [-0.39, 0.29) is 36.4 Å². The van der Waals surface area contributed by atoms with Crippen molar-refractivity contribution in [2.75, 3.05) is 32.8 Å². The Labute approximate surface area is 152 Å². The van der Waals surface area contributed by atoms with Crippen LogP contribution in [0.1, 0.15) is 27.4 Å². The molecule has 3 rings (SSSR count). The molecular weight excluding hydrogens is 350 g/mol. The molecule has 1 aromatic rings. The second-order valence-electron chi connectivity index (χ2n) is 6.05. The van der Waals surface area contributed by atoms with Crippen molar-refractivity contribution in [3.8, 4) is 0 Å². The summed E-state index contributed by atoms with van der Waals surface area (Å²) in [6, 6.07) is 3.96. The first kappa shape index (κ1) is 19.2. The van der Waals surface area contributed by atoms with Crippen LogP contribution in [0.4, 0.5) is 0 Å². The molecular formula is C16H24ClN3O3S. The molecule has 2 saturated heterocycles. The number of aryl methyl sites for hydroxylation is 1. The average molecular weight is 374 g/mol. The van der Waals surface area contributed by atoms with E-state index in [2.05, 4.69) is 10.6 Å². The van der Waals surface area contributed by atoms with Crippen LogP contribution in [0.2, 0.25) is 0 Å². The van der Waals surface area contributed by atoms with Gasteiger partial charge in [-0.1, -0.05) is 0 Å². The van der Waals surface area contributed by atoms with Crippen LogP contribution >= 0.6 is 23.7 Å². The van der Waals surface area contributed by atoms with E-state index in [1.54, 1.807) is 0 Å². The fourth-order valence-electron chi connectivity index (χ4n) is 2.98. The Hall–Kier alpha value is -1.15. The fraction of sp³-hybridized carbons (Fsp3) is 0.625. The zero-order chi connectivity index (χ0) is 16.2. The third kappa shape index (κ3) is 4.69. The van der Waals surface area contributed by atoms with Gasteiger partial charge in [-0.2, -0.15) is 0 Å². The first-order valence-corrected chi connectivity index (χ1v) is 8.93. The minimum atomic E-state index is -0.357. The van der Waals surface area contributed by atoms with E-state index in [9.17, 15) is 9.59 Å². The predicted molar refractivity (Wildman–Crippen MR) is 96.0 cm³/mol. The van der Waals surface area contributed by atoms with Gasteiger partial charge in [0.25, 0.3) is 11.8 Å². The number of piperidine rings is 1. The van der Waals surface area contributed by atoms with Crippen LogP contribution in [0.3, 0.4) is 0 Å². The quantitative estimate of drug-likeness (QED) is 0.834. The van der Waals surface area contributed by atoms with Crippen LogP contribution in [-0.4, -0.2) is 61.6 Å². The summed E-state index contributed by atoms with van der Waals surface area (Å²) < 4.78 is 5.52. The van der Waals surface area contributed by atoms with Crippen LogP contribution in [0.25, 0.3) is 0 Å². The highest BCUT2D eigenvalue weighted by Gasteiger charge is 2.30. The van der Waals surface area contributed by atoms with Gasteiger partial charge in [0.2, 0.25) is 0 Å². The summed E-state index contributed by atoms with van der Waals surface area (Å²) in [6.45, 7) is 5.32. The summed E-state index contributed by atoms with van der Waals surface area (Å²) in [6.07, 6.45) is 1.23. The highest BCUT2D eigenvalue weighted by Crippen LogP contribution is 2.17. The summed E-state index contributed by atoms with van der Waals surface area (Å²) >= 11 is 1.51. The summed E-state index contributed by atoms with van der Waals surface area (Å²) in [4.78, 5) is 28.3. The Morgan fingerprint density at radius 3 is 2.67 bits per heavy atom. The lowest BCUT2D eigenvalue weighted by Crippen LogP contribution is -2.53. The second kappa shape index (κ2) is 8.80. The molecule has 2 aliphatic heterocycles. The second-order valence-corrected chi connectivity index (χ2v) is 7.33. The Morgan fingerprint density at radius 1 is 1.33 bits per heavy atom. The number of hydrogen-bond acceptors (Lipinski definition) is 5. The number of carbonyl (C=O) groups is 2. The number of carbonyl (C=O) groups excluding carboxylic acids is 2. The molecule has 2 aliphatic rings. The Kier molecular flexibility index (Phi) is 7.03. The van der Waals surface area contributed by atoms with Crippen molar-refractivity contribution in [1.82, 2.24) is 15.5 Å². The molecule has 24 heavy (non-hydrogen) atoms. The topological polar surface area (TPSA) is 70.7 Å². The van der Waals surface area contributed by atoms with E-state index < -0.39 is 0 Å². The molecule has 2 N–H and O–H groups in total. The van der Waals surface area contributed by atoms with Crippen LogP contribution in [0.15, 0.2) is 12.1 Å². The van der Waals surface area contributed by atoms with Crippen molar-refractivity contribution in [1.29, 1.82) is 0 Å². The predicted octanol–water partition coefficient (Wildman–Crippen LogP) is 1.19. The number of rotatable bonds is 3. The molecule has 1 aromatic heterocycles. The highest BCUT2D eigenvalue weighted by atomic mass is 35.5. The first-order chi connectivity index (χ1) is 11.1. The SMILES string of the molecule is Cc1ccc(C(=O)NC2CCN(C(=O)C3CNCCO3)CC2)s1.Cl. The van der Waals surface area contributed by atoms with Gasteiger partial charge in [-0.3, -0.25) is 9.59 Å². The van der Waals surface area contributed by atoms with Gasteiger partial charge in [0.15, 0.2) is 0 Å². The maximum absolute atomic E-state index is 12.4. The average Bonchev–Trinajstić information content (AvgIpc) is 3.02. The lowest BCUT2D eigenvalue weighted by molar-refractivity contribution is -0.146. The minimum absolute atomic E-state index is 0. The molecule has 134 valence electrons. The van der Waals surface area contributed by atoms with E-state index in [0.29, 0.717) is 26.2 Å².